The minimum Gasteiger partial charge on any atom is -0.312 e. The molecule has 2 N–H and O–H groups in total. The summed E-state index contributed by atoms with van der Waals surface area (Å²) in [7, 11) is 0. The van der Waals surface area contributed by atoms with Crippen molar-refractivity contribution in [1.82, 2.24) is 20.5 Å². The van der Waals surface area contributed by atoms with Gasteiger partial charge in [-0.2, -0.15) is 0 Å². The van der Waals surface area contributed by atoms with Crippen LogP contribution in [0, 0.1) is 6.92 Å². The van der Waals surface area contributed by atoms with Crippen LogP contribution in [0.1, 0.15) is 33.0 Å². The van der Waals surface area contributed by atoms with Crippen LogP contribution >= 0.6 is 11.8 Å². The van der Waals surface area contributed by atoms with E-state index in [1.54, 1.807) is 11.8 Å². The second-order valence-corrected chi connectivity index (χ2v) is 5.64. The molecule has 15 heavy (non-hydrogen) atoms. The second kappa shape index (κ2) is 5.51. The molecule has 0 aliphatic carbocycles. The molecule has 0 aliphatic heterocycles. The highest BCUT2D eigenvalue weighted by Gasteiger charge is 2.07. The molecule has 5 heteroatoms. The Morgan fingerprint density at radius 1 is 1.40 bits per heavy atom. The highest BCUT2D eigenvalue weighted by atomic mass is 32.2. The quantitative estimate of drug-likeness (QED) is 0.598. The van der Waals surface area contributed by atoms with Gasteiger partial charge in [0.25, 0.3) is 0 Å². The van der Waals surface area contributed by atoms with Gasteiger partial charge in [-0.15, -0.1) is 5.10 Å². The highest BCUT2D eigenvalue weighted by molar-refractivity contribution is 7.99. The van der Waals surface area contributed by atoms with Crippen LogP contribution in [0.15, 0.2) is 5.16 Å². The number of thioether (sulfide) groups is 1. The summed E-state index contributed by atoms with van der Waals surface area (Å²) in [6.07, 6.45) is 1.13. The molecule has 0 fully saturated rings. The molecule has 0 saturated carbocycles. The van der Waals surface area contributed by atoms with Gasteiger partial charge in [0, 0.05) is 11.3 Å². The summed E-state index contributed by atoms with van der Waals surface area (Å²) in [5.41, 5.74) is 0.214. The number of rotatable bonds is 5. The first-order valence-electron chi connectivity index (χ1n) is 5.24. The average Bonchev–Trinajstić information content (AvgIpc) is 2.49. The van der Waals surface area contributed by atoms with Crippen LogP contribution in [0.3, 0.4) is 0 Å². The van der Waals surface area contributed by atoms with Crippen LogP contribution in [0.4, 0.5) is 0 Å². The molecule has 4 nitrogen and oxygen atoms in total. The molecule has 0 atom stereocenters. The summed E-state index contributed by atoms with van der Waals surface area (Å²) < 4.78 is 0. The number of H-pyrrole nitrogens is 1. The fraction of sp³-hybridized carbons (Fsp3) is 0.800. The number of aromatic amines is 1. The third-order valence-corrected chi connectivity index (χ3v) is 2.72. The Balaban J connectivity index is 2.07. The molecule has 0 bridgehead atoms. The topological polar surface area (TPSA) is 53.6 Å². The summed E-state index contributed by atoms with van der Waals surface area (Å²) in [4.78, 5) is 4.23. The van der Waals surface area contributed by atoms with Gasteiger partial charge in [0.1, 0.15) is 5.82 Å². The van der Waals surface area contributed by atoms with Crippen LogP contribution in [-0.2, 0) is 0 Å². The molecular formula is C10H20N4S. The lowest BCUT2D eigenvalue weighted by molar-refractivity contribution is 0.427. The monoisotopic (exact) mass is 228 g/mol. The predicted octanol–water partition coefficient (Wildman–Crippen LogP) is 1.98. The van der Waals surface area contributed by atoms with E-state index >= 15 is 0 Å². The van der Waals surface area contributed by atoms with Crippen molar-refractivity contribution < 1.29 is 0 Å². The molecule has 1 aromatic heterocycles. The number of aryl methyl sites for hydroxylation is 1. The van der Waals surface area contributed by atoms with Crippen molar-refractivity contribution >= 4 is 11.8 Å². The molecule has 0 saturated heterocycles. The number of nitrogens with zero attached hydrogens (tertiary/aromatic N) is 2. The van der Waals surface area contributed by atoms with E-state index in [0.29, 0.717) is 0 Å². The normalized spacial score (nSPS) is 12.0. The first kappa shape index (κ1) is 12.5. The van der Waals surface area contributed by atoms with Crippen LogP contribution in [0.5, 0.6) is 0 Å². The molecule has 0 radical (unpaired) electrons. The van der Waals surface area contributed by atoms with E-state index in [1.807, 2.05) is 6.92 Å². The first-order valence-corrected chi connectivity index (χ1v) is 6.23. The van der Waals surface area contributed by atoms with Crippen molar-refractivity contribution in [3.05, 3.63) is 5.82 Å². The van der Waals surface area contributed by atoms with E-state index in [1.165, 1.54) is 0 Å². The van der Waals surface area contributed by atoms with Gasteiger partial charge in [-0.1, -0.05) is 11.8 Å². The van der Waals surface area contributed by atoms with Gasteiger partial charge < -0.3 is 5.32 Å². The standard InChI is InChI=1S/C10H20N4S/c1-8-12-9(14-13-8)15-7-5-6-11-10(2,3)4/h11H,5-7H2,1-4H3,(H,12,13,14). The SMILES string of the molecule is Cc1nc(SCCCNC(C)(C)C)n[nH]1. The zero-order valence-corrected chi connectivity index (χ0v) is 10.7. The Morgan fingerprint density at radius 3 is 2.67 bits per heavy atom. The van der Waals surface area contributed by atoms with Gasteiger partial charge in [0.05, 0.1) is 0 Å². The average molecular weight is 228 g/mol. The van der Waals surface area contributed by atoms with Crippen molar-refractivity contribution in [1.29, 1.82) is 0 Å². The van der Waals surface area contributed by atoms with Crippen molar-refractivity contribution in [2.45, 2.75) is 44.8 Å². The Labute approximate surface area is 95.6 Å². The van der Waals surface area contributed by atoms with Gasteiger partial charge in [0.15, 0.2) is 0 Å². The largest absolute Gasteiger partial charge is 0.312 e. The van der Waals surface area contributed by atoms with E-state index in [2.05, 4.69) is 41.3 Å². The highest BCUT2D eigenvalue weighted by Crippen LogP contribution is 2.12. The van der Waals surface area contributed by atoms with Gasteiger partial charge in [-0.25, -0.2) is 4.98 Å². The Kier molecular flexibility index (Phi) is 4.60. The molecule has 1 heterocycles. The minimum atomic E-state index is 0.214. The van der Waals surface area contributed by atoms with Gasteiger partial charge in [-0.3, -0.25) is 5.10 Å². The second-order valence-electron chi connectivity index (χ2n) is 4.58. The molecular weight excluding hydrogens is 208 g/mol. The van der Waals surface area contributed by atoms with Crippen LogP contribution in [0.2, 0.25) is 0 Å². The van der Waals surface area contributed by atoms with E-state index in [0.717, 1.165) is 29.7 Å². The van der Waals surface area contributed by atoms with E-state index < -0.39 is 0 Å². The number of nitrogens with one attached hydrogen (secondary N) is 2. The van der Waals surface area contributed by atoms with Crippen molar-refractivity contribution in [2.24, 2.45) is 0 Å². The zero-order valence-electron chi connectivity index (χ0n) is 9.92. The van der Waals surface area contributed by atoms with Crippen LogP contribution < -0.4 is 5.32 Å². The molecule has 1 aromatic rings. The summed E-state index contributed by atoms with van der Waals surface area (Å²) in [6, 6.07) is 0. The van der Waals surface area contributed by atoms with E-state index in [9.17, 15) is 0 Å². The molecule has 0 unspecified atom stereocenters. The number of hydrogen-bond donors (Lipinski definition) is 2. The molecule has 0 amide bonds. The zero-order chi connectivity index (χ0) is 11.3. The van der Waals surface area contributed by atoms with Crippen molar-refractivity contribution in [2.75, 3.05) is 12.3 Å². The maximum atomic E-state index is 4.23. The molecule has 0 spiro atoms. The summed E-state index contributed by atoms with van der Waals surface area (Å²) in [5, 5.41) is 11.2. The van der Waals surface area contributed by atoms with E-state index in [4.69, 9.17) is 0 Å². The maximum absolute atomic E-state index is 4.23. The molecule has 0 aliphatic rings. The Morgan fingerprint density at radius 2 is 2.13 bits per heavy atom. The fourth-order valence-corrected chi connectivity index (χ4v) is 1.87. The third-order valence-electron chi connectivity index (χ3n) is 1.78. The van der Waals surface area contributed by atoms with Gasteiger partial charge >= 0.3 is 0 Å². The lowest BCUT2D eigenvalue weighted by atomic mass is 10.1. The Hall–Kier alpha value is -0.550. The van der Waals surface area contributed by atoms with Crippen molar-refractivity contribution in [3.8, 4) is 0 Å². The van der Waals surface area contributed by atoms with Gasteiger partial charge in [0.2, 0.25) is 5.16 Å². The molecule has 0 aromatic carbocycles. The smallest absolute Gasteiger partial charge is 0.208 e. The summed E-state index contributed by atoms with van der Waals surface area (Å²) in [5.74, 6) is 1.94. The molecule has 1 rings (SSSR count). The minimum absolute atomic E-state index is 0.214. The predicted molar refractivity (Wildman–Crippen MR) is 64.2 cm³/mol. The lowest BCUT2D eigenvalue weighted by Gasteiger charge is -2.20. The summed E-state index contributed by atoms with van der Waals surface area (Å²) in [6.45, 7) is 9.49. The van der Waals surface area contributed by atoms with Crippen LogP contribution in [-0.4, -0.2) is 33.0 Å². The van der Waals surface area contributed by atoms with Gasteiger partial charge in [-0.05, 0) is 40.7 Å². The first-order chi connectivity index (χ1) is 6.97. The number of hydrogen-bond acceptors (Lipinski definition) is 4. The molecule has 86 valence electrons. The van der Waals surface area contributed by atoms with Crippen LogP contribution in [0.25, 0.3) is 0 Å². The third kappa shape index (κ3) is 5.79. The lowest BCUT2D eigenvalue weighted by Crippen LogP contribution is -2.36. The maximum Gasteiger partial charge on any atom is 0.208 e. The fourth-order valence-electron chi connectivity index (χ4n) is 1.09. The number of aromatic nitrogens is 3. The summed E-state index contributed by atoms with van der Waals surface area (Å²) >= 11 is 1.70. The Bertz CT molecular complexity index is 290. The van der Waals surface area contributed by atoms with E-state index in [-0.39, 0.29) is 5.54 Å². The van der Waals surface area contributed by atoms with Crippen molar-refractivity contribution in [3.63, 3.8) is 0 Å².